The van der Waals surface area contributed by atoms with Gasteiger partial charge in [-0.15, -0.1) is 0 Å². The van der Waals surface area contributed by atoms with Crippen molar-refractivity contribution in [1.82, 2.24) is 19.9 Å². The van der Waals surface area contributed by atoms with E-state index in [1.165, 1.54) is 0 Å². The number of aromatic amines is 2. The number of amides is 1. The van der Waals surface area contributed by atoms with Gasteiger partial charge in [-0.3, -0.25) is 4.79 Å². The fourth-order valence-corrected chi connectivity index (χ4v) is 3.73. The molecule has 0 spiro atoms. The summed E-state index contributed by atoms with van der Waals surface area (Å²) in [6, 6.07) is 14.0. The van der Waals surface area contributed by atoms with E-state index < -0.39 is 0 Å². The van der Waals surface area contributed by atoms with Crippen LogP contribution in [0.3, 0.4) is 0 Å². The molecule has 1 aromatic carbocycles. The van der Waals surface area contributed by atoms with Crippen molar-refractivity contribution in [2.45, 2.75) is 13.8 Å². The molecule has 5 rings (SSSR count). The first-order valence-corrected chi connectivity index (χ1v) is 9.39. The smallest absolute Gasteiger partial charge is 0.257 e. The molecule has 3 N–H and O–H groups in total. The summed E-state index contributed by atoms with van der Waals surface area (Å²) in [7, 11) is 0. The van der Waals surface area contributed by atoms with E-state index in [2.05, 4.69) is 25.3 Å². The Morgan fingerprint density at radius 2 is 1.79 bits per heavy atom. The van der Waals surface area contributed by atoms with Gasteiger partial charge in [0.15, 0.2) is 0 Å². The number of H-pyrrole nitrogens is 2. The van der Waals surface area contributed by atoms with Gasteiger partial charge in [0, 0.05) is 28.9 Å². The van der Waals surface area contributed by atoms with E-state index in [9.17, 15) is 4.79 Å². The SMILES string of the molecule is Cc1c[nH]c2ncc(C(=O)Nc3cnc4[nH]c(-c5ccccc5)cc4c3)c(C)c12. The van der Waals surface area contributed by atoms with E-state index in [0.717, 1.165) is 44.5 Å². The van der Waals surface area contributed by atoms with Crippen molar-refractivity contribution in [3.05, 3.63) is 77.7 Å². The molecular weight excluding hydrogens is 362 g/mol. The number of carbonyl (C=O) groups is 1. The number of aromatic nitrogens is 4. The minimum Gasteiger partial charge on any atom is -0.346 e. The predicted octanol–water partition coefficient (Wildman–Crippen LogP) is 4.98. The summed E-state index contributed by atoms with van der Waals surface area (Å²) in [6.07, 6.45) is 5.17. The summed E-state index contributed by atoms with van der Waals surface area (Å²) in [5, 5.41) is 4.88. The fourth-order valence-electron chi connectivity index (χ4n) is 3.73. The number of benzene rings is 1. The standard InChI is InChI=1S/C23H19N5O/c1-13-10-24-22-20(13)14(2)18(12-26-22)23(29)27-17-8-16-9-19(28-21(16)25-11-17)15-6-4-3-5-7-15/h3-12H,1-2H3,(H,24,26)(H,25,28)(H,27,29). The van der Waals surface area contributed by atoms with Crippen molar-refractivity contribution in [2.75, 3.05) is 5.32 Å². The van der Waals surface area contributed by atoms with Crippen LogP contribution in [0.1, 0.15) is 21.5 Å². The highest BCUT2D eigenvalue weighted by Crippen LogP contribution is 2.26. The second-order valence-electron chi connectivity index (χ2n) is 7.16. The summed E-state index contributed by atoms with van der Waals surface area (Å²) in [5.41, 5.74) is 6.84. The van der Waals surface area contributed by atoms with Crippen LogP contribution in [0.4, 0.5) is 5.69 Å². The second kappa shape index (κ2) is 6.60. The van der Waals surface area contributed by atoms with E-state index in [1.807, 2.05) is 62.5 Å². The molecule has 0 radical (unpaired) electrons. The second-order valence-corrected chi connectivity index (χ2v) is 7.16. The quantitative estimate of drug-likeness (QED) is 0.412. The lowest BCUT2D eigenvalue weighted by Gasteiger charge is -2.08. The summed E-state index contributed by atoms with van der Waals surface area (Å²) >= 11 is 0. The summed E-state index contributed by atoms with van der Waals surface area (Å²) in [5.74, 6) is -0.197. The number of pyridine rings is 2. The van der Waals surface area contributed by atoms with E-state index in [1.54, 1.807) is 12.4 Å². The third kappa shape index (κ3) is 2.95. The number of nitrogens with zero attached hydrogens (tertiary/aromatic N) is 2. The molecule has 6 nitrogen and oxygen atoms in total. The van der Waals surface area contributed by atoms with Gasteiger partial charge < -0.3 is 15.3 Å². The molecule has 6 heteroatoms. The zero-order valence-corrected chi connectivity index (χ0v) is 16.1. The highest BCUT2D eigenvalue weighted by atomic mass is 16.1. The summed E-state index contributed by atoms with van der Waals surface area (Å²) < 4.78 is 0. The number of anilines is 1. The largest absolute Gasteiger partial charge is 0.346 e. The lowest BCUT2D eigenvalue weighted by Crippen LogP contribution is -2.14. The van der Waals surface area contributed by atoms with Crippen molar-refractivity contribution in [3.8, 4) is 11.3 Å². The number of hydrogen-bond acceptors (Lipinski definition) is 3. The van der Waals surface area contributed by atoms with E-state index in [0.29, 0.717) is 11.3 Å². The predicted molar refractivity (Wildman–Crippen MR) is 115 cm³/mol. The zero-order valence-electron chi connectivity index (χ0n) is 16.1. The van der Waals surface area contributed by atoms with E-state index >= 15 is 0 Å². The Kier molecular flexibility index (Phi) is 3.91. The van der Waals surface area contributed by atoms with Gasteiger partial charge in [0.25, 0.3) is 5.91 Å². The molecule has 29 heavy (non-hydrogen) atoms. The van der Waals surface area contributed by atoms with Crippen LogP contribution in [0.2, 0.25) is 0 Å². The third-order valence-electron chi connectivity index (χ3n) is 5.22. The Morgan fingerprint density at radius 3 is 2.62 bits per heavy atom. The maximum absolute atomic E-state index is 12.9. The van der Waals surface area contributed by atoms with Crippen LogP contribution in [-0.4, -0.2) is 25.8 Å². The first-order valence-electron chi connectivity index (χ1n) is 9.39. The van der Waals surface area contributed by atoms with Crippen LogP contribution < -0.4 is 5.32 Å². The number of nitrogens with one attached hydrogen (secondary N) is 3. The van der Waals surface area contributed by atoms with Gasteiger partial charge >= 0.3 is 0 Å². The zero-order chi connectivity index (χ0) is 20.0. The van der Waals surface area contributed by atoms with Crippen LogP contribution in [0.5, 0.6) is 0 Å². The average Bonchev–Trinajstić information content (AvgIpc) is 3.32. The van der Waals surface area contributed by atoms with Gasteiger partial charge in [0.1, 0.15) is 11.3 Å². The first-order chi connectivity index (χ1) is 14.1. The average molecular weight is 381 g/mol. The number of hydrogen-bond donors (Lipinski definition) is 3. The molecule has 5 aromatic rings. The Hall–Kier alpha value is -3.93. The van der Waals surface area contributed by atoms with Crippen LogP contribution in [0.15, 0.2) is 61.1 Å². The Morgan fingerprint density at radius 1 is 1.00 bits per heavy atom. The lowest BCUT2D eigenvalue weighted by atomic mass is 10.1. The highest BCUT2D eigenvalue weighted by Gasteiger charge is 2.15. The first kappa shape index (κ1) is 17.2. The molecule has 0 aliphatic heterocycles. The van der Waals surface area contributed by atoms with E-state index in [-0.39, 0.29) is 5.91 Å². The maximum Gasteiger partial charge on any atom is 0.257 e. The Labute approximate surface area is 167 Å². The van der Waals surface area contributed by atoms with Gasteiger partial charge in [-0.25, -0.2) is 9.97 Å². The molecule has 0 atom stereocenters. The topological polar surface area (TPSA) is 86.5 Å². The monoisotopic (exact) mass is 381 g/mol. The fraction of sp³-hybridized carbons (Fsp3) is 0.0870. The summed E-state index contributed by atoms with van der Waals surface area (Å²) in [6.45, 7) is 3.95. The van der Waals surface area contributed by atoms with Crippen molar-refractivity contribution >= 4 is 33.7 Å². The van der Waals surface area contributed by atoms with Crippen LogP contribution >= 0.6 is 0 Å². The van der Waals surface area contributed by atoms with Gasteiger partial charge in [-0.1, -0.05) is 30.3 Å². The molecule has 0 unspecified atom stereocenters. The number of aryl methyl sites for hydroxylation is 2. The molecule has 0 bridgehead atoms. The Balaban J connectivity index is 1.46. The highest BCUT2D eigenvalue weighted by molar-refractivity contribution is 6.08. The number of fused-ring (bicyclic) bond motifs is 2. The molecule has 142 valence electrons. The lowest BCUT2D eigenvalue weighted by molar-refractivity contribution is 0.102. The molecule has 0 saturated heterocycles. The molecule has 4 heterocycles. The number of carbonyl (C=O) groups excluding carboxylic acids is 1. The minimum atomic E-state index is -0.197. The molecule has 0 saturated carbocycles. The molecular formula is C23H19N5O. The van der Waals surface area contributed by atoms with E-state index in [4.69, 9.17) is 0 Å². The maximum atomic E-state index is 12.9. The normalized spacial score (nSPS) is 11.2. The molecule has 0 aliphatic carbocycles. The van der Waals surface area contributed by atoms with Crippen molar-refractivity contribution in [2.24, 2.45) is 0 Å². The van der Waals surface area contributed by atoms with Gasteiger partial charge in [-0.2, -0.15) is 0 Å². The van der Waals surface area contributed by atoms with Gasteiger partial charge in [-0.05, 0) is 42.7 Å². The number of rotatable bonds is 3. The summed E-state index contributed by atoms with van der Waals surface area (Å²) in [4.78, 5) is 28.2. The van der Waals surface area contributed by atoms with Crippen LogP contribution in [0.25, 0.3) is 33.3 Å². The molecule has 0 aliphatic rings. The van der Waals surface area contributed by atoms with Gasteiger partial charge in [0.05, 0.1) is 17.4 Å². The molecule has 1 amide bonds. The molecule has 4 aromatic heterocycles. The van der Waals surface area contributed by atoms with Gasteiger partial charge in [0.2, 0.25) is 0 Å². The van der Waals surface area contributed by atoms with Crippen LogP contribution in [-0.2, 0) is 0 Å². The van der Waals surface area contributed by atoms with Crippen molar-refractivity contribution < 1.29 is 4.79 Å². The molecule has 0 fully saturated rings. The third-order valence-corrected chi connectivity index (χ3v) is 5.22. The minimum absolute atomic E-state index is 0.197. The van der Waals surface area contributed by atoms with Crippen molar-refractivity contribution in [3.63, 3.8) is 0 Å². The van der Waals surface area contributed by atoms with Crippen molar-refractivity contribution in [1.29, 1.82) is 0 Å². The Bertz CT molecular complexity index is 1360. The van der Waals surface area contributed by atoms with Crippen LogP contribution in [0, 0.1) is 13.8 Å².